The zero-order chi connectivity index (χ0) is 13.1. The minimum Gasteiger partial charge on any atom is -0.357 e. The first-order chi connectivity index (χ1) is 8.60. The maximum absolute atomic E-state index is 13.5. The van der Waals surface area contributed by atoms with Crippen molar-refractivity contribution in [1.29, 1.82) is 0 Å². The van der Waals surface area contributed by atoms with Crippen molar-refractivity contribution >= 4 is 33.4 Å². The lowest BCUT2D eigenvalue weighted by Gasteiger charge is -2.10. The number of halogens is 2. The standard InChI is InChI=1S/C12H12BrFN4/c1-7-5-8(13)9(14)6-10(7)17-11-3-4-16-12(15-2)18-11/h3-6H,1-2H3,(H2,15,16,17,18). The van der Waals surface area contributed by atoms with E-state index in [4.69, 9.17) is 0 Å². The van der Waals surface area contributed by atoms with Crippen molar-refractivity contribution in [2.75, 3.05) is 17.7 Å². The number of aryl methyl sites for hydroxylation is 1. The Hall–Kier alpha value is -1.69. The number of hydrogen-bond donors (Lipinski definition) is 2. The van der Waals surface area contributed by atoms with E-state index in [0.717, 1.165) is 5.56 Å². The molecule has 0 spiro atoms. The van der Waals surface area contributed by atoms with Gasteiger partial charge in [0.15, 0.2) is 0 Å². The Kier molecular flexibility index (Phi) is 3.76. The van der Waals surface area contributed by atoms with Crippen molar-refractivity contribution in [2.24, 2.45) is 0 Å². The van der Waals surface area contributed by atoms with E-state index in [1.165, 1.54) is 6.07 Å². The normalized spacial score (nSPS) is 10.2. The highest BCUT2D eigenvalue weighted by Gasteiger charge is 2.06. The Labute approximate surface area is 113 Å². The van der Waals surface area contributed by atoms with E-state index in [0.29, 0.717) is 21.9 Å². The smallest absolute Gasteiger partial charge is 0.224 e. The molecule has 0 fully saturated rings. The minimum atomic E-state index is -0.314. The van der Waals surface area contributed by atoms with Crippen LogP contribution in [0.2, 0.25) is 0 Å². The maximum Gasteiger partial charge on any atom is 0.224 e. The molecule has 0 aliphatic carbocycles. The summed E-state index contributed by atoms with van der Waals surface area (Å²) in [6.07, 6.45) is 1.63. The van der Waals surface area contributed by atoms with Crippen LogP contribution in [0.1, 0.15) is 5.56 Å². The Balaban J connectivity index is 2.30. The summed E-state index contributed by atoms with van der Waals surface area (Å²) in [4.78, 5) is 8.22. The van der Waals surface area contributed by atoms with Crippen molar-refractivity contribution in [3.05, 3.63) is 40.2 Å². The highest BCUT2D eigenvalue weighted by atomic mass is 79.9. The number of nitrogens with zero attached hydrogens (tertiary/aromatic N) is 2. The molecule has 1 aromatic heterocycles. The highest BCUT2D eigenvalue weighted by molar-refractivity contribution is 9.10. The number of hydrogen-bond acceptors (Lipinski definition) is 4. The zero-order valence-electron chi connectivity index (χ0n) is 9.96. The summed E-state index contributed by atoms with van der Waals surface area (Å²) < 4.78 is 13.9. The molecule has 0 amide bonds. The van der Waals surface area contributed by atoms with Crippen molar-refractivity contribution in [3.8, 4) is 0 Å². The molecule has 18 heavy (non-hydrogen) atoms. The number of rotatable bonds is 3. The third kappa shape index (κ3) is 2.76. The molecule has 0 bridgehead atoms. The molecule has 2 aromatic rings. The van der Waals surface area contributed by atoms with Gasteiger partial charge < -0.3 is 10.6 Å². The molecule has 4 nitrogen and oxygen atoms in total. The summed E-state index contributed by atoms with van der Waals surface area (Å²) in [5.41, 5.74) is 1.60. The number of nitrogens with one attached hydrogen (secondary N) is 2. The second kappa shape index (κ2) is 5.30. The first-order valence-electron chi connectivity index (χ1n) is 5.33. The fourth-order valence-corrected chi connectivity index (χ4v) is 1.93. The molecule has 2 N–H and O–H groups in total. The van der Waals surface area contributed by atoms with Gasteiger partial charge in [-0.15, -0.1) is 0 Å². The van der Waals surface area contributed by atoms with Crippen LogP contribution >= 0.6 is 15.9 Å². The predicted octanol–water partition coefficient (Wildman–Crippen LogP) is 3.47. The van der Waals surface area contributed by atoms with E-state index in [1.807, 2.05) is 6.92 Å². The molecule has 0 atom stereocenters. The fraction of sp³-hybridized carbons (Fsp3) is 0.167. The molecule has 6 heteroatoms. The Morgan fingerprint density at radius 3 is 2.83 bits per heavy atom. The maximum atomic E-state index is 13.5. The van der Waals surface area contributed by atoms with Crippen LogP contribution in [0.3, 0.4) is 0 Å². The van der Waals surface area contributed by atoms with Crippen LogP contribution < -0.4 is 10.6 Å². The van der Waals surface area contributed by atoms with Gasteiger partial charge in [-0.25, -0.2) is 9.37 Å². The number of anilines is 3. The van der Waals surface area contributed by atoms with Crippen molar-refractivity contribution < 1.29 is 4.39 Å². The van der Waals surface area contributed by atoms with Gasteiger partial charge in [0.05, 0.1) is 4.47 Å². The minimum absolute atomic E-state index is 0.314. The molecule has 0 aliphatic heterocycles. The van der Waals surface area contributed by atoms with Crippen LogP contribution in [-0.2, 0) is 0 Å². The molecule has 0 saturated carbocycles. The van der Waals surface area contributed by atoms with Crippen molar-refractivity contribution in [2.45, 2.75) is 6.92 Å². The van der Waals surface area contributed by atoms with Gasteiger partial charge in [0, 0.05) is 18.9 Å². The van der Waals surface area contributed by atoms with Crippen molar-refractivity contribution in [3.63, 3.8) is 0 Å². The Bertz CT molecular complexity index is 574. The molecule has 0 saturated heterocycles. The van der Waals surface area contributed by atoms with Crippen LogP contribution in [0.25, 0.3) is 0 Å². The third-order valence-electron chi connectivity index (χ3n) is 2.41. The summed E-state index contributed by atoms with van der Waals surface area (Å²) in [6, 6.07) is 4.87. The lowest BCUT2D eigenvalue weighted by molar-refractivity contribution is 0.621. The SMILES string of the molecule is CNc1nccc(Nc2cc(F)c(Br)cc2C)n1. The van der Waals surface area contributed by atoms with Gasteiger partial charge in [-0.1, -0.05) is 0 Å². The fourth-order valence-electron chi connectivity index (χ4n) is 1.47. The van der Waals surface area contributed by atoms with Gasteiger partial charge in [0.25, 0.3) is 0 Å². The van der Waals surface area contributed by atoms with Crippen LogP contribution in [0.4, 0.5) is 21.8 Å². The quantitative estimate of drug-likeness (QED) is 0.911. The first kappa shape index (κ1) is 12.8. The Morgan fingerprint density at radius 2 is 2.11 bits per heavy atom. The summed E-state index contributed by atoms with van der Waals surface area (Å²) in [6.45, 7) is 1.90. The summed E-state index contributed by atoms with van der Waals surface area (Å²) >= 11 is 3.15. The molecular weight excluding hydrogens is 299 g/mol. The lowest BCUT2D eigenvalue weighted by Crippen LogP contribution is -2.01. The van der Waals surface area contributed by atoms with E-state index in [9.17, 15) is 4.39 Å². The molecular formula is C12H12BrFN4. The summed E-state index contributed by atoms with van der Waals surface area (Å²) in [5.74, 6) is 0.806. The Morgan fingerprint density at radius 1 is 1.33 bits per heavy atom. The van der Waals surface area contributed by atoms with Crippen LogP contribution in [0.15, 0.2) is 28.9 Å². The number of aromatic nitrogens is 2. The largest absolute Gasteiger partial charge is 0.357 e. The number of benzene rings is 1. The molecule has 0 unspecified atom stereocenters. The van der Waals surface area contributed by atoms with Crippen LogP contribution in [0, 0.1) is 12.7 Å². The topological polar surface area (TPSA) is 49.8 Å². The highest BCUT2D eigenvalue weighted by Crippen LogP contribution is 2.26. The third-order valence-corrected chi connectivity index (χ3v) is 3.02. The molecule has 94 valence electrons. The summed E-state index contributed by atoms with van der Waals surface area (Å²) in [5, 5.41) is 5.91. The summed E-state index contributed by atoms with van der Waals surface area (Å²) in [7, 11) is 1.74. The van der Waals surface area contributed by atoms with E-state index >= 15 is 0 Å². The van der Waals surface area contributed by atoms with E-state index in [2.05, 4.69) is 36.5 Å². The van der Waals surface area contributed by atoms with Gasteiger partial charge in [-0.3, -0.25) is 0 Å². The van der Waals surface area contributed by atoms with Crippen LogP contribution in [-0.4, -0.2) is 17.0 Å². The average molecular weight is 311 g/mol. The molecule has 0 aliphatic rings. The van der Waals surface area contributed by atoms with Gasteiger partial charge in [0.1, 0.15) is 11.6 Å². The van der Waals surface area contributed by atoms with E-state index in [-0.39, 0.29) is 5.82 Å². The van der Waals surface area contributed by atoms with Gasteiger partial charge >= 0.3 is 0 Å². The van der Waals surface area contributed by atoms with Gasteiger partial charge in [-0.2, -0.15) is 4.98 Å². The van der Waals surface area contributed by atoms with Crippen molar-refractivity contribution in [1.82, 2.24) is 9.97 Å². The average Bonchev–Trinajstić information content (AvgIpc) is 2.36. The van der Waals surface area contributed by atoms with Gasteiger partial charge in [0.2, 0.25) is 5.95 Å². The molecule has 1 aromatic carbocycles. The van der Waals surface area contributed by atoms with E-state index < -0.39 is 0 Å². The molecule has 0 radical (unpaired) electrons. The lowest BCUT2D eigenvalue weighted by atomic mass is 10.2. The van der Waals surface area contributed by atoms with E-state index in [1.54, 1.807) is 25.4 Å². The first-order valence-corrected chi connectivity index (χ1v) is 6.13. The zero-order valence-corrected chi connectivity index (χ0v) is 11.5. The molecule has 1 heterocycles. The predicted molar refractivity (Wildman–Crippen MR) is 73.7 cm³/mol. The monoisotopic (exact) mass is 310 g/mol. The second-order valence-corrected chi connectivity index (χ2v) is 4.58. The molecule has 2 rings (SSSR count). The second-order valence-electron chi connectivity index (χ2n) is 3.72. The van der Waals surface area contributed by atoms with Gasteiger partial charge in [-0.05, 0) is 46.6 Å². The van der Waals surface area contributed by atoms with Crippen LogP contribution in [0.5, 0.6) is 0 Å².